The van der Waals surface area contributed by atoms with E-state index in [2.05, 4.69) is 28.6 Å². The van der Waals surface area contributed by atoms with Crippen LogP contribution in [0, 0.1) is 0 Å². The van der Waals surface area contributed by atoms with Gasteiger partial charge in [-0.25, -0.2) is 0 Å². The SMILES string of the molecule is CCOc1ccc(C2=CC3c4cc(Cl)ccc4OC(c4ccc(OC)cc4)N3N2)cc1. The first-order valence-corrected chi connectivity index (χ1v) is 10.6. The van der Waals surface area contributed by atoms with E-state index in [1.165, 1.54) is 0 Å². The maximum Gasteiger partial charge on any atom is 0.195 e. The number of methoxy groups -OCH3 is 1. The minimum Gasteiger partial charge on any atom is -0.497 e. The van der Waals surface area contributed by atoms with Crippen molar-refractivity contribution in [3.05, 3.63) is 94.5 Å². The number of benzene rings is 3. The van der Waals surface area contributed by atoms with Crippen LogP contribution in [0.2, 0.25) is 5.02 Å². The molecule has 2 aliphatic heterocycles. The number of hydrazine groups is 1. The van der Waals surface area contributed by atoms with E-state index in [1.807, 2.05) is 61.5 Å². The molecule has 5 nitrogen and oxygen atoms in total. The van der Waals surface area contributed by atoms with Crippen molar-refractivity contribution in [1.29, 1.82) is 0 Å². The first-order valence-electron chi connectivity index (χ1n) is 10.3. The van der Waals surface area contributed by atoms with Crippen LogP contribution in [0.5, 0.6) is 17.2 Å². The molecule has 158 valence electrons. The third-order valence-electron chi connectivity index (χ3n) is 5.53. The van der Waals surface area contributed by atoms with Gasteiger partial charge in [-0.2, -0.15) is 5.01 Å². The van der Waals surface area contributed by atoms with E-state index < -0.39 is 0 Å². The molecule has 6 heteroatoms. The number of hydrogen-bond donors (Lipinski definition) is 1. The van der Waals surface area contributed by atoms with Crippen molar-refractivity contribution in [2.24, 2.45) is 0 Å². The average Bonchev–Trinajstić information content (AvgIpc) is 3.25. The molecule has 2 aliphatic rings. The van der Waals surface area contributed by atoms with Crippen molar-refractivity contribution in [3.8, 4) is 17.2 Å². The molecule has 31 heavy (non-hydrogen) atoms. The topological polar surface area (TPSA) is 43.0 Å². The zero-order valence-electron chi connectivity index (χ0n) is 17.3. The predicted octanol–water partition coefficient (Wildman–Crippen LogP) is 5.74. The number of rotatable bonds is 5. The highest BCUT2D eigenvalue weighted by Crippen LogP contribution is 2.46. The quantitative estimate of drug-likeness (QED) is 0.554. The van der Waals surface area contributed by atoms with Gasteiger partial charge in [-0.3, -0.25) is 0 Å². The fourth-order valence-corrected chi connectivity index (χ4v) is 4.20. The van der Waals surface area contributed by atoms with Crippen LogP contribution in [0.3, 0.4) is 0 Å². The van der Waals surface area contributed by atoms with E-state index in [4.69, 9.17) is 25.8 Å². The Labute approximate surface area is 186 Å². The second kappa shape index (κ2) is 8.17. The first kappa shape index (κ1) is 19.8. The molecule has 0 spiro atoms. The van der Waals surface area contributed by atoms with E-state index in [1.54, 1.807) is 7.11 Å². The van der Waals surface area contributed by atoms with Crippen molar-refractivity contribution in [1.82, 2.24) is 10.4 Å². The first-order chi connectivity index (χ1) is 15.2. The van der Waals surface area contributed by atoms with Crippen molar-refractivity contribution in [3.63, 3.8) is 0 Å². The van der Waals surface area contributed by atoms with Gasteiger partial charge in [-0.15, -0.1) is 0 Å². The summed E-state index contributed by atoms with van der Waals surface area (Å²) >= 11 is 6.31. The summed E-state index contributed by atoms with van der Waals surface area (Å²) < 4.78 is 17.3. The Hall–Kier alpha value is -3.15. The fourth-order valence-electron chi connectivity index (χ4n) is 4.02. The fraction of sp³-hybridized carbons (Fsp3) is 0.200. The van der Waals surface area contributed by atoms with Crippen LogP contribution in [0.15, 0.2) is 72.8 Å². The molecule has 0 amide bonds. The van der Waals surface area contributed by atoms with Crippen LogP contribution in [0.25, 0.3) is 5.70 Å². The molecular formula is C25H23ClN2O3. The largest absolute Gasteiger partial charge is 0.497 e. The summed E-state index contributed by atoms with van der Waals surface area (Å²) in [7, 11) is 1.66. The highest BCUT2D eigenvalue weighted by atomic mass is 35.5. The molecule has 2 heterocycles. The summed E-state index contributed by atoms with van der Waals surface area (Å²) in [5.74, 6) is 2.50. The molecule has 0 fully saturated rings. The van der Waals surface area contributed by atoms with Crippen LogP contribution < -0.4 is 19.6 Å². The lowest BCUT2D eigenvalue weighted by molar-refractivity contribution is -0.0326. The van der Waals surface area contributed by atoms with Crippen LogP contribution in [-0.4, -0.2) is 18.7 Å². The highest BCUT2D eigenvalue weighted by molar-refractivity contribution is 6.30. The van der Waals surface area contributed by atoms with Gasteiger partial charge >= 0.3 is 0 Å². The Balaban J connectivity index is 1.52. The lowest BCUT2D eigenvalue weighted by Gasteiger charge is -2.39. The Kier molecular flexibility index (Phi) is 5.22. The van der Waals surface area contributed by atoms with Crippen molar-refractivity contribution in [2.45, 2.75) is 19.2 Å². The van der Waals surface area contributed by atoms with E-state index >= 15 is 0 Å². The van der Waals surface area contributed by atoms with Gasteiger partial charge in [0, 0.05) is 16.1 Å². The Bertz CT molecular complexity index is 1110. The zero-order chi connectivity index (χ0) is 21.4. The minimum absolute atomic E-state index is 0.0175. The Morgan fingerprint density at radius 1 is 1.00 bits per heavy atom. The molecule has 0 saturated heterocycles. The molecule has 0 saturated carbocycles. The number of hydrogen-bond acceptors (Lipinski definition) is 5. The van der Waals surface area contributed by atoms with Crippen LogP contribution >= 0.6 is 11.6 Å². The van der Waals surface area contributed by atoms with Gasteiger partial charge in [0.1, 0.15) is 17.2 Å². The Morgan fingerprint density at radius 3 is 2.45 bits per heavy atom. The number of fused-ring (bicyclic) bond motifs is 3. The molecule has 2 atom stereocenters. The zero-order valence-corrected chi connectivity index (χ0v) is 18.1. The van der Waals surface area contributed by atoms with Crippen molar-refractivity contribution < 1.29 is 14.2 Å². The number of halogens is 1. The van der Waals surface area contributed by atoms with Gasteiger partial charge in [0.05, 0.1) is 25.5 Å². The number of nitrogens with zero attached hydrogens (tertiary/aromatic N) is 1. The van der Waals surface area contributed by atoms with Crippen LogP contribution in [0.1, 0.15) is 35.9 Å². The highest BCUT2D eigenvalue weighted by Gasteiger charge is 2.40. The normalized spacial score (nSPS) is 19.5. The third kappa shape index (κ3) is 3.71. The number of nitrogens with one attached hydrogen (secondary N) is 1. The molecular weight excluding hydrogens is 412 g/mol. The number of ether oxygens (including phenoxy) is 3. The lowest BCUT2D eigenvalue weighted by Crippen LogP contribution is -2.43. The second-order valence-electron chi connectivity index (χ2n) is 7.43. The summed E-state index contributed by atoms with van der Waals surface area (Å²) in [5, 5.41) is 2.81. The standard InChI is InChI=1S/C25H23ClN2O3/c1-3-30-20-11-4-16(5-12-20)22-15-23-21-14-18(26)8-13-24(21)31-25(28(23)27-22)17-6-9-19(29-2)10-7-17/h4-15,23,25,27H,3H2,1-2H3. The van der Waals surface area contributed by atoms with Gasteiger partial charge in [0.25, 0.3) is 0 Å². The molecule has 2 unspecified atom stereocenters. The second-order valence-corrected chi connectivity index (χ2v) is 7.86. The summed E-state index contributed by atoms with van der Waals surface area (Å²) in [5.41, 5.74) is 7.71. The molecule has 0 bridgehead atoms. The van der Waals surface area contributed by atoms with Gasteiger partial charge < -0.3 is 19.6 Å². The van der Waals surface area contributed by atoms with Crippen molar-refractivity contribution in [2.75, 3.05) is 13.7 Å². The van der Waals surface area contributed by atoms with Gasteiger partial charge in [0.2, 0.25) is 0 Å². The Morgan fingerprint density at radius 2 is 1.74 bits per heavy atom. The van der Waals surface area contributed by atoms with Crippen LogP contribution in [-0.2, 0) is 0 Å². The molecule has 0 aliphatic carbocycles. The maximum absolute atomic E-state index is 6.41. The van der Waals surface area contributed by atoms with E-state index in [-0.39, 0.29) is 12.3 Å². The summed E-state index contributed by atoms with van der Waals surface area (Å²) in [6, 6.07) is 21.8. The van der Waals surface area contributed by atoms with Crippen LogP contribution in [0.4, 0.5) is 0 Å². The molecule has 1 N–H and O–H groups in total. The van der Waals surface area contributed by atoms with E-state index in [0.29, 0.717) is 11.6 Å². The summed E-state index contributed by atoms with van der Waals surface area (Å²) in [6.07, 6.45) is 1.91. The minimum atomic E-state index is -0.305. The summed E-state index contributed by atoms with van der Waals surface area (Å²) in [4.78, 5) is 0. The van der Waals surface area contributed by atoms with Gasteiger partial charge in [0.15, 0.2) is 6.23 Å². The van der Waals surface area contributed by atoms with Gasteiger partial charge in [-0.1, -0.05) is 23.7 Å². The van der Waals surface area contributed by atoms with E-state index in [9.17, 15) is 0 Å². The molecule has 0 aromatic heterocycles. The monoisotopic (exact) mass is 434 g/mol. The van der Waals surface area contributed by atoms with E-state index in [0.717, 1.165) is 39.6 Å². The maximum atomic E-state index is 6.41. The molecule has 0 radical (unpaired) electrons. The third-order valence-corrected chi connectivity index (χ3v) is 5.77. The van der Waals surface area contributed by atoms with Crippen molar-refractivity contribution >= 4 is 17.3 Å². The summed E-state index contributed by atoms with van der Waals surface area (Å²) in [6.45, 7) is 2.63. The smallest absolute Gasteiger partial charge is 0.195 e. The lowest BCUT2D eigenvalue weighted by atomic mass is 10.0. The molecule has 3 aromatic carbocycles. The molecule has 5 rings (SSSR count). The average molecular weight is 435 g/mol. The van der Waals surface area contributed by atoms with Gasteiger partial charge in [-0.05, 0) is 73.2 Å². The predicted molar refractivity (Wildman–Crippen MR) is 121 cm³/mol. The molecule has 3 aromatic rings.